The van der Waals surface area contributed by atoms with Crippen molar-refractivity contribution < 1.29 is 14.3 Å². The summed E-state index contributed by atoms with van der Waals surface area (Å²) in [4.78, 5) is 16.5. The average molecular weight is 466 g/mol. The molecule has 1 heterocycles. The van der Waals surface area contributed by atoms with Gasteiger partial charge in [-0.1, -0.05) is 67.6 Å². The normalized spacial score (nSPS) is 13.5. The van der Waals surface area contributed by atoms with Gasteiger partial charge in [0.1, 0.15) is 12.4 Å². The van der Waals surface area contributed by atoms with Crippen molar-refractivity contribution in [2.45, 2.75) is 45.3 Å². The molecular formula is C26H31N3O3S. The van der Waals surface area contributed by atoms with Crippen molar-refractivity contribution in [2.24, 2.45) is 5.92 Å². The Hall–Kier alpha value is -3.19. The predicted molar refractivity (Wildman–Crippen MR) is 133 cm³/mol. The summed E-state index contributed by atoms with van der Waals surface area (Å²) in [5, 5.41) is 3.31. The van der Waals surface area contributed by atoms with Gasteiger partial charge in [-0.05, 0) is 55.4 Å². The fourth-order valence-electron chi connectivity index (χ4n) is 3.82. The van der Waals surface area contributed by atoms with Gasteiger partial charge in [-0.3, -0.25) is 4.57 Å². The van der Waals surface area contributed by atoms with Crippen molar-refractivity contribution in [3.8, 4) is 0 Å². The number of imidazole rings is 1. The monoisotopic (exact) mass is 465 g/mol. The van der Waals surface area contributed by atoms with Crippen LogP contribution in [0.4, 0.5) is 4.79 Å². The molecule has 0 saturated carbocycles. The molecule has 1 amide bonds. The maximum atomic E-state index is 12.4. The van der Waals surface area contributed by atoms with Gasteiger partial charge in [0.05, 0.1) is 12.6 Å². The molecule has 0 spiro atoms. The lowest BCUT2D eigenvalue weighted by Crippen LogP contribution is -2.48. The Morgan fingerprint density at radius 1 is 1.06 bits per heavy atom. The number of benzene rings is 2. The third kappa shape index (κ3) is 8.02. The molecule has 0 aliphatic heterocycles. The minimum absolute atomic E-state index is 0.297. The first kappa shape index (κ1) is 24.5. The van der Waals surface area contributed by atoms with Crippen LogP contribution in [-0.4, -0.2) is 39.6 Å². The Morgan fingerprint density at radius 3 is 2.27 bits per heavy atom. The summed E-state index contributed by atoms with van der Waals surface area (Å²) in [6.07, 6.45) is 6.38. The van der Waals surface area contributed by atoms with Gasteiger partial charge >= 0.3 is 6.09 Å². The zero-order valence-corrected chi connectivity index (χ0v) is 19.9. The summed E-state index contributed by atoms with van der Waals surface area (Å²) in [6, 6.07) is 20.1. The topological polar surface area (TPSA) is 65.4 Å². The second kappa shape index (κ2) is 12.7. The highest BCUT2D eigenvalue weighted by Gasteiger charge is 2.29. The first-order chi connectivity index (χ1) is 16.0. The molecular weight excluding hydrogens is 434 g/mol. The maximum Gasteiger partial charge on any atom is 0.407 e. The van der Waals surface area contributed by atoms with Crippen LogP contribution in [0.15, 0.2) is 79.4 Å². The van der Waals surface area contributed by atoms with E-state index in [1.54, 1.807) is 30.2 Å². The molecule has 2 aromatic carbocycles. The van der Waals surface area contributed by atoms with Crippen molar-refractivity contribution in [3.63, 3.8) is 0 Å². The van der Waals surface area contributed by atoms with Crippen LogP contribution in [0.3, 0.4) is 0 Å². The van der Waals surface area contributed by atoms with E-state index in [0.29, 0.717) is 30.5 Å². The Kier molecular flexibility index (Phi) is 9.44. The SMILES string of the molecule is CCOC(=O)N[C@@H](Cc1ccccc1)C(C[C@@H](C)Cc1ccccc1)OC(=S)n1ccnc1. The number of hydrogen-bond acceptors (Lipinski definition) is 5. The number of nitrogens with one attached hydrogen (secondary N) is 1. The quantitative estimate of drug-likeness (QED) is 0.426. The number of hydrogen-bond donors (Lipinski definition) is 1. The van der Waals surface area contributed by atoms with Gasteiger partial charge < -0.3 is 14.8 Å². The largest absolute Gasteiger partial charge is 0.465 e. The van der Waals surface area contributed by atoms with Crippen molar-refractivity contribution >= 4 is 23.5 Å². The van der Waals surface area contributed by atoms with Gasteiger partial charge in [-0.2, -0.15) is 0 Å². The lowest BCUT2D eigenvalue weighted by molar-refractivity contribution is 0.0985. The molecule has 3 atom stereocenters. The van der Waals surface area contributed by atoms with Crippen LogP contribution in [0.5, 0.6) is 0 Å². The van der Waals surface area contributed by atoms with Crippen LogP contribution < -0.4 is 5.32 Å². The van der Waals surface area contributed by atoms with E-state index in [4.69, 9.17) is 21.7 Å². The van der Waals surface area contributed by atoms with E-state index in [0.717, 1.165) is 12.0 Å². The number of thiocarbonyl (C=S) groups is 1. The molecule has 0 aliphatic carbocycles. The number of rotatable bonds is 10. The van der Waals surface area contributed by atoms with E-state index in [2.05, 4.69) is 29.4 Å². The van der Waals surface area contributed by atoms with E-state index in [1.165, 1.54) is 5.56 Å². The number of nitrogens with zero attached hydrogens (tertiary/aromatic N) is 2. The molecule has 0 saturated heterocycles. The summed E-state index contributed by atoms with van der Waals surface area (Å²) in [6.45, 7) is 4.27. The first-order valence-electron chi connectivity index (χ1n) is 11.2. The molecule has 1 aromatic heterocycles. The van der Waals surface area contributed by atoms with Crippen LogP contribution in [0.1, 0.15) is 31.4 Å². The molecule has 6 nitrogen and oxygen atoms in total. The lowest BCUT2D eigenvalue weighted by Gasteiger charge is -2.30. The number of ether oxygens (including phenoxy) is 2. The molecule has 174 valence electrons. The van der Waals surface area contributed by atoms with Gasteiger partial charge in [0, 0.05) is 12.4 Å². The molecule has 0 aliphatic rings. The lowest BCUT2D eigenvalue weighted by atomic mass is 9.90. The number of carbonyl (C=O) groups excluding carboxylic acids is 1. The Labute approximate surface area is 200 Å². The molecule has 3 rings (SSSR count). The summed E-state index contributed by atoms with van der Waals surface area (Å²) in [5.74, 6) is 0.297. The minimum atomic E-state index is -0.462. The van der Waals surface area contributed by atoms with Gasteiger partial charge in [0.25, 0.3) is 5.17 Å². The Bertz CT molecular complexity index is 981. The molecule has 33 heavy (non-hydrogen) atoms. The van der Waals surface area contributed by atoms with Crippen molar-refractivity contribution in [3.05, 3.63) is 90.5 Å². The molecule has 0 bridgehead atoms. The second-order valence-corrected chi connectivity index (χ2v) is 8.43. The van der Waals surface area contributed by atoms with Crippen molar-refractivity contribution in [2.75, 3.05) is 6.61 Å². The molecule has 0 fully saturated rings. The van der Waals surface area contributed by atoms with Crippen LogP contribution in [0.2, 0.25) is 0 Å². The number of aromatic nitrogens is 2. The summed E-state index contributed by atoms with van der Waals surface area (Å²) >= 11 is 5.54. The van der Waals surface area contributed by atoms with Gasteiger partial charge in [0.15, 0.2) is 0 Å². The first-order valence-corrected chi connectivity index (χ1v) is 11.7. The Balaban J connectivity index is 1.82. The molecule has 1 N–H and O–H groups in total. The molecule has 0 radical (unpaired) electrons. The Morgan fingerprint density at radius 2 is 1.70 bits per heavy atom. The zero-order chi connectivity index (χ0) is 23.5. The van der Waals surface area contributed by atoms with E-state index < -0.39 is 6.09 Å². The highest BCUT2D eigenvalue weighted by Crippen LogP contribution is 2.21. The van der Waals surface area contributed by atoms with Crippen LogP contribution in [0, 0.1) is 5.92 Å². The van der Waals surface area contributed by atoms with E-state index in [1.807, 2.05) is 48.5 Å². The highest BCUT2D eigenvalue weighted by molar-refractivity contribution is 7.80. The van der Waals surface area contributed by atoms with Crippen LogP contribution in [0.25, 0.3) is 0 Å². The highest BCUT2D eigenvalue weighted by atomic mass is 32.1. The van der Waals surface area contributed by atoms with E-state index in [-0.39, 0.29) is 12.1 Å². The molecule has 3 aromatic rings. The van der Waals surface area contributed by atoms with Gasteiger partial charge in [0.2, 0.25) is 0 Å². The molecule has 7 heteroatoms. The van der Waals surface area contributed by atoms with Gasteiger partial charge in [-0.25, -0.2) is 9.78 Å². The van der Waals surface area contributed by atoms with Gasteiger partial charge in [-0.15, -0.1) is 0 Å². The van der Waals surface area contributed by atoms with E-state index >= 15 is 0 Å². The summed E-state index contributed by atoms with van der Waals surface area (Å²) in [5.41, 5.74) is 2.36. The minimum Gasteiger partial charge on any atom is -0.465 e. The van der Waals surface area contributed by atoms with Crippen molar-refractivity contribution in [1.82, 2.24) is 14.9 Å². The van der Waals surface area contributed by atoms with Crippen molar-refractivity contribution in [1.29, 1.82) is 0 Å². The second-order valence-electron chi connectivity index (χ2n) is 8.08. The standard InChI is InChI=1S/C26H31N3O3S/c1-3-31-25(30)28-23(18-22-12-8-5-9-13-22)24(32-26(33)29-15-14-27-19-29)17-20(2)16-21-10-6-4-7-11-21/h4-15,19-20,23-24H,3,16-18H2,1-2H3,(H,28,30)/t20-,23-,24?/m0/s1. The maximum absolute atomic E-state index is 12.4. The summed E-state index contributed by atoms with van der Waals surface area (Å²) < 4.78 is 13.1. The zero-order valence-electron chi connectivity index (χ0n) is 19.1. The van der Waals surface area contributed by atoms with E-state index in [9.17, 15) is 4.79 Å². The summed E-state index contributed by atoms with van der Waals surface area (Å²) in [7, 11) is 0. The van der Waals surface area contributed by atoms with Crippen LogP contribution in [-0.2, 0) is 22.3 Å². The average Bonchev–Trinajstić information content (AvgIpc) is 3.35. The number of amides is 1. The number of alkyl carbamates (subject to hydrolysis) is 1. The molecule has 1 unspecified atom stereocenters. The fourth-order valence-corrected chi connectivity index (χ4v) is 4.05. The third-order valence-corrected chi connectivity index (χ3v) is 5.66. The van der Waals surface area contributed by atoms with Crippen LogP contribution >= 0.6 is 12.2 Å². The smallest absolute Gasteiger partial charge is 0.407 e. The third-order valence-electron chi connectivity index (χ3n) is 5.35. The predicted octanol–water partition coefficient (Wildman–Crippen LogP) is 5.03. The number of carbonyl (C=O) groups is 1. The fraction of sp³-hybridized carbons (Fsp3) is 0.346.